The van der Waals surface area contributed by atoms with Gasteiger partial charge in [-0.1, -0.05) is 11.6 Å². The van der Waals surface area contributed by atoms with Crippen LogP contribution < -0.4 is 0 Å². The Labute approximate surface area is 170 Å². The largest absolute Gasteiger partial charge is 0.467 e. The van der Waals surface area contributed by atoms with Crippen molar-refractivity contribution >= 4 is 29.0 Å². The number of furan rings is 1. The number of nitro benzene ring substituents is 1. The van der Waals surface area contributed by atoms with E-state index in [1.165, 1.54) is 12.1 Å². The molecule has 0 aliphatic rings. The van der Waals surface area contributed by atoms with E-state index in [9.17, 15) is 19.7 Å². The minimum atomic E-state index is -0.845. The van der Waals surface area contributed by atoms with Gasteiger partial charge in [-0.05, 0) is 44.2 Å². The molecule has 2 aromatic heterocycles. The van der Waals surface area contributed by atoms with Crippen molar-refractivity contribution in [2.45, 2.75) is 20.4 Å². The van der Waals surface area contributed by atoms with E-state index in [0.29, 0.717) is 12.1 Å². The normalized spacial score (nSPS) is 10.7. The minimum Gasteiger partial charge on any atom is -0.467 e. The number of esters is 1. The summed E-state index contributed by atoms with van der Waals surface area (Å²) in [6, 6.07) is 8.91. The van der Waals surface area contributed by atoms with Crippen molar-refractivity contribution in [3.05, 3.63) is 86.1 Å². The first-order valence-electron chi connectivity index (χ1n) is 8.61. The highest BCUT2D eigenvalue weighted by Gasteiger charge is 2.20. The first kappa shape index (κ1) is 20.3. The molecule has 0 bridgehead atoms. The number of halogens is 1. The van der Waals surface area contributed by atoms with Gasteiger partial charge in [-0.2, -0.15) is 0 Å². The zero-order chi connectivity index (χ0) is 21.1. The van der Waals surface area contributed by atoms with E-state index >= 15 is 0 Å². The molecular formula is C20H17ClN2O6. The Kier molecular flexibility index (Phi) is 5.84. The topological polar surface area (TPSA) is 105 Å². The van der Waals surface area contributed by atoms with Gasteiger partial charge in [-0.15, -0.1) is 0 Å². The summed E-state index contributed by atoms with van der Waals surface area (Å²) >= 11 is 5.73. The number of benzene rings is 1. The number of nitro groups is 1. The van der Waals surface area contributed by atoms with E-state index in [-0.39, 0.29) is 16.4 Å². The molecule has 0 aliphatic heterocycles. The molecule has 0 fully saturated rings. The lowest BCUT2D eigenvalue weighted by molar-refractivity contribution is -0.384. The molecule has 0 saturated carbocycles. The predicted molar refractivity (Wildman–Crippen MR) is 104 cm³/mol. The van der Waals surface area contributed by atoms with Crippen LogP contribution in [-0.4, -0.2) is 27.8 Å². The second kappa shape index (κ2) is 8.32. The van der Waals surface area contributed by atoms with Gasteiger partial charge in [-0.25, -0.2) is 4.79 Å². The smallest absolute Gasteiger partial charge is 0.338 e. The summed E-state index contributed by atoms with van der Waals surface area (Å²) in [5, 5.41) is 10.8. The lowest BCUT2D eigenvalue weighted by atomic mass is 10.1. The van der Waals surface area contributed by atoms with Crippen LogP contribution in [0.25, 0.3) is 0 Å². The minimum absolute atomic E-state index is 0.0582. The summed E-state index contributed by atoms with van der Waals surface area (Å²) in [5.41, 5.74) is 1.55. The molecule has 29 heavy (non-hydrogen) atoms. The summed E-state index contributed by atoms with van der Waals surface area (Å²) < 4.78 is 12.3. The molecule has 2 heterocycles. The second-order valence-corrected chi connectivity index (χ2v) is 6.78. The molecular weight excluding hydrogens is 400 g/mol. The van der Waals surface area contributed by atoms with Crippen molar-refractivity contribution in [3.8, 4) is 0 Å². The maximum atomic E-state index is 12.6. The van der Waals surface area contributed by atoms with Crippen molar-refractivity contribution in [1.82, 2.24) is 4.57 Å². The number of ketones is 1. The van der Waals surface area contributed by atoms with Crippen LogP contribution in [0.15, 0.2) is 47.1 Å². The van der Waals surface area contributed by atoms with Gasteiger partial charge in [-0.3, -0.25) is 14.9 Å². The molecule has 3 rings (SSSR count). The number of Topliss-reactive ketones (excluding diaryl/α,β-unsaturated/α-hetero) is 1. The standard InChI is InChI=1S/C20H17ClN2O6/c1-12-8-16(13(2)22(12)10-15-4-3-7-28-15)19(24)11-29-20(25)14-5-6-17(21)18(9-14)23(26)27/h3-9H,10-11H2,1-2H3. The quantitative estimate of drug-likeness (QED) is 0.245. The number of carbonyl (C=O) groups is 2. The van der Waals surface area contributed by atoms with Gasteiger partial charge in [0, 0.05) is 23.0 Å². The maximum absolute atomic E-state index is 12.6. The highest BCUT2D eigenvalue weighted by molar-refractivity contribution is 6.32. The fraction of sp³-hybridized carbons (Fsp3) is 0.200. The van der Waals surface area contributed by atoms with Crippen molar-refractivity contribution in [2.75, 3.05) is 6.61 Å². The van der Waals surface area contributed by atoms with Crippen LogP contribution in [0.3, 0.4) is 0 Å². The van der Waals surface area contributed by atoms with Crippen LogP contribution >= 0.6 is 11.6 Å². The fourth-order valence-corrected chi connectivity index (χ4v) is 3.14. The van der Waals surface area contributed by atoms with Crippen molar-refractivity contribution in [3.63, 3.8) is 0 Å². The Balaban J connectivity index is 1.70. The van der Waals surface area contributed by atoms with E-state index < -0.39 is 23.2 Å². The third-order valence-electron chi connectivity index (χ3n) is 4.48. The number of nitrogens with zero attached hydrogens (tertiary/aromatic N) is 2. The van der Waals surface area contributed by atoms with Crippen LogP contribution in [0.2, 0.25) is 5.02 Å². The van der Waals surface area contributed by atoms with Gasteiger partial charge < -0.3 is 13.7 Å². The van der Waals surface area contributed by atoms with E-state index in [1.54, 1.807) is 25.3 Å². The fourth-order valence-electron chi connectivity index (χ4n) is 2.96. The van der Waals surface area contributed by atoms with Crippen LogP contribution in [0.5, 0.6) is 0 Å². The van der Waals surface area contributed by atoms with E-state index in [1.807, 2.05) is 17.6 Å². The number of hydrogen-bond acceptors (Lipinski definition) is 6. The Morgan fingerprint density at radius 2 is 2.00 bits per heavy atom. The summed E-state index contributed by atoms with van der Waals surface area (Å²) in [4.78, 5) is 35.0. The van der Waals surface area contributed by atoms with E-state index in [0.717, 1.165) is 23.2 Å². The number of hydrogen-bond donors (Lipinski definition) is 0. The number of aryl methyl sites for hydroxylation is 1. The van der Waals surface area contributed by atoms with Gasteiger partial charge >= 0.3 is 5.97 Å². The zero-order valence-electron chi connectivity index (χ0n) is 15.7. The Morgan fingerprint density at radius 1 is 1.24 bits per heavy atom. The van der Waals surface area contributed by atoms with Crippen molar-refractivity contribution < 1.29 is 23.7 Å². The maximum Gasteiger partial charge on any atom is 0.338 e. The zero-order valence-corrected chi connectivity index (χ0v) is 16.4. The molecule has 0 aliphatic carbocycles. The van der Waals surface area contributed by atoms with Crippen molar-refractivity contribution in [1.29, 1.82) is 0 Å². The highest BCUT2D eigenvalue weighted by Crippen LogP contribution is 2.25. The Hall–Kier alpha value is -3.39. The lowest BCUT2D eigenvalue weighted by Gasteiger charge is -2.08. The molecule has 0 radical (unpaired) electrons. The van der Waals surface area contributed by atoms with Gasteiger partial charge in [0.2, 0.25) is 5.78 Å². The van der Waals surface area contributed by atoms with Gasteiger partial charge in [0.15, 0.2) is 6.61 Å². The molecule has 1 aromatic carbocycles. The van der Waals surface area contributed by atoms with E-state index in [4.69, 9.17) is 20.8 Å². The molecule has 8 nitrogen and oxygen atoms in total. The van der Waals surface area contributed by atoms with Gasteiger partial charge in [0.1, 0.15) is 10.8 Å². The molecule has 9 heteroatoms. The monoisotopic (exact) mass is 416 g/mol. The molecule has 150 valence electrons. The van der Waals surface area contributed by atoms with Crippen LogP contribution in [-0.2, 0) is 11.3 Å². The number of aromatic nitrogens is 1. The van der Waals surface area contributed by atoms with Gasteiger partial charge in [0.25, 0.3) is 5.69 Å². The molecule has 0 N–H and O–H groups in total. The molecule has 0 saturated heterocycles. The highest BCUT2D eigenvalue weighted by atomic mass is 35.5. The third kappa shape index (κ3) is 4.38. The second-order valence-electron chi connectivity index (χ2n) is 6.37. The van der Waals surface area contributed by atoms with Gasteiger partial charge in [0.05, 0.1) is 23.3 Å². The average Bonchev–Trinajstić information content (AvgIpc) is 3.29. The van der Waals surface area contributed by atoms with E-state index in [2.05, 4.69) is 0 Å². The summed E-state index contributed by atoms with van der Waals surface area (Å²) in [5.74, 6) is -0.468. The summed E-state index contributed by atoms with van der Waals surface area (Å²) in [7, 11) is 0. The number of rotatable bonds is 7. The lowest BCUT2D eigenvalue weighted by Crippen LogP contribution is -2.15. The molecule has 3 aromatic rings. The molecule has 0 atom stereocenters. The predicted octanol–water partition coefficient (Wildman–Crippen LogP) is 4.35. The Morgan fingerprint density at radius 3 is 2.66 bits per heavy atom. The number of ether oxygens (including phenoxy) is 1. The molecule has 0 unspecified atom stereocenters. The average molecular weight is 417 g/mol. The first-order valence-corrected chi connectivity index (χ1v) is 8.99. The number of carbonyl (C=O) groups excluding carboxylic acids is 2. The molecule has 0 amide bonds. The Bertz CT molecular complexity index is 1080. The van der Waals surface area contributed by atoms with Crippen molar-refractivity contribution in [2.24, 2.45) is 0 Å². The van der Waals surface area contributed by atoms with Crippen LogP contribution in [0.1, 0.15) is 37.9 Å². The molecule has 0 spiro atoms. The summed E-state index contributed by atoms with van der Waals surface area (Å²) in [6.45, 7) is 3.66. The summed E-state index contributed by atoms with van der Waals surface area (Å²) in [6.07, 6.45) is 1.58. The third-order valence-corrected chi connectivity index (χ3v) is 4.80. The first-order chi connectivity index (χ1) is 13.8. The van der Waals surface area contributed by atoms with Crippen LogP contribution in [0.4, 0.5) is 5.69 Å². The van der Waals surface area contributed by atoms with Crippen LogP contribution in [0, 0.1) is 24.0 Å². The SMILES string of the molecule is Cc1cc(C(=O)COC(=O)c2ccc(Cl)c([N+](=O)[O-])c2)c(C)n1Cc1ccco1.